The van der Waals surface area contributed by atoms with E-state index in [1.165, 1.54) is 23.7 Å². The van der Waals surface area contributed by atoms with Gasteiger partial charge >= 0.3 is 0 Å². The van der Waals surface area contributed by atoms with Crippen LogP contribution in [0.1, 0.15) is 17.5 Å². The molecular formula is C16H16N4O3S. The maximum absolute atomic E-state index is 12.1. The molecule has 2 amide bonds. The topological polar surface area (TPSA) is 88.6 Å². The monoisotopic (exact) mass is 344 g/mol. The predicted molar refractivity (Wildman–Crippen MR) is 90.1 cm³/mol. The van der Waals surface area contributed by atoms with Gasteiger partial charge in [0.2, 0.25) is 4.80 Å². The fraction of sp³-hybridized carbons (Fsp3) is 0.188. The number of rotatable bonds is 4. The number of carbonyl (C=O) groups excluding carboxylic acids is 2. The summed E-state index contributed by atoms with van der Waals surface area (Å²) in [6.07, 6.45) is 1.40. The smallest absolute Gasteiger partial charge is 0.287 e. The largest absolute Gasteiger partial charge is 0.459 e. The normalized spacial score (nSPS) is 13.0. The van der Waals surface area contributed by atoms with Gasteiger partial charge in [0.25, 0.3) is 11.8 Å². The van der Waals surface area contributed by atoms with Gasteiger partial charge in [-0.25, -0.2) is 5.43 Å². The highest BCUT2D eigenvalue weighted by Crippen LogP contribution is 2.14. The number of thiazole rings is 1. The molecule has 2 aromatic heterocycles. The minimum absolute atomic E-state index is 0.155. The van der Waals surface area contributed by atoms with E-state index in [9.17, 15) is 9.59 Å². The van der Waals surface area contributed by atoms with Gasteiger partial charge < -0.3 is 14.3 Å². The third kappa shape index (κ3) is 3.23. The first-order valence-corrected chi connectivity index (χ1v) is 8.10. The van der Waals surface area contributed by atoms with E-state index in [0.29, 0.717) is 4.80 Å². The van der Waals surface area contributed by atoms with Crippen LogP contribution in [0.15, 0.2) is 52.2 Å². The molecule has 0 aliphatic heterocycles. The zero-order valence-corrected chi connectivity index (χ0v) is 14.0. The lowest BCUT2D eigenvalue weighted by molar-refractivity contribution is -0.122. The third-order valence-corrected chi connectivity index (χ3v) is 4.58. The fourth-order valence-corrected chi connectivity index (χ4v) is 3.11. The molecule has 24 heavy (non-hydrogen) atoms. The van der Waals surface area contributed by atoms with Gasteiger partial charge in [0.05, 0.1) is 16.5 Å². The van der Waals surface area contributed by atoms with Crippen molar-refractivity contribution >= 4 is 33.4 Å². The number of amides is 2. The number of hydrogen-bond donors (Lipinski definition) is 2. The third-order valence-electron chi connectivity index (χ3n) is 3.46. The Kier molecular flexibility index (Phi) is 4.48. The van der Waals surface area contributed by atoms with Crippen LogP contribution in [-0.2, 0) is 11.8 Å². The summed E-state index contributed by atoms with van der Waals surface area (Å²) >= 11 is 1.47. The lowest BCUT2D eigenvalue weighted by atomic mass is 10.3. The highest BCUT2D eigenvalue weighted by atomic mass is 32.1. The second-order valence-corrected chi connectivity index (χ2v) is 6.18. The Labute approximate surface area is 141 Å². The van der Waals surface area contributed by atoms with E-state index in [1.54, 1.807) is 13.0 Å². The molecule has 124 valence electrons. The maximum atomic E-state index is 12.1. The molecule has 7 nitrogen and oxygen atoms in total. The average Bonchev–Trinajstić information content (AvgIpc) is 3.21. The summed E-state index contributed by atoms with van der Waals surface area (Å²) in [6, 6.07) is 10.3. The van der Waals surface area contributed by atoms with Crippen molar-refractivity contribution < 1.29 is 14.0 Å². The van der Waals surface area contributed by atoms with Crippen molar-refractivity contribution in [2.24, 2.45) is 12.1 Å². The minimum Gasteiger partial charge on any atom is -0.459 e. The molecule has 0 spiro atoms. The van der Waals surface area contributed by atoms with Gasteiger partial charge in [-0.1, -0.05) is 23.5 Å². The van der Waals surface area contributed by atoms with Crippen LogP contribution in [0, 0.1) is 0 Å². The van der Waals surface area contributed by atoms with Gasteiger partial charge in [0, 0.05) is 7.05 Å². The maximum Gasteiger partial charge on any atom is 0.287 e. The molecule has 0 saturated carbocycles. The van der Waals surface area contributed by atoms with E-state index >= 15 is 0 Å². The number of benzene rings is 1. The zero-order valence-electron chi connectivity index (χ0n) is 13.1. The van der Waals surface area contributed by atoms with Crippen LogP contribution in [0.4, 0.5) is 0 Å². The second-order valence-electron chi connectivity index (χ2n) is 5.17. The molecule has 1 aromatic carbocycles. The van der Waals surface area contributed by atoms with Gasteiger partial charge in [-0.3, -0.25) is 9.59 Å². The van der Waals surface area contributed by atoms with E-state index < -0.39 is 17.9 Å². The van der Waals surface area contributed by atoms with Crippen molar-refractivity contribution in [3.63, 3.8) is 0 Å². The second kappa shape index (κ2) is 6.71. The Morgan fingerprint density at radius 2 is 2.04 bits per heavy atom. The summed E-state index contributed by atoms with van der Waals surface area (Å²) in [5.74, 6) is -0.704. The summed E-state index contributed by atoms with van der Waals surface area (Å²) in [4.78, 5) is 24.6. The van der Waals surface area contributed by atoms with Crippen molar-refractivity contribution in [2.45, 2.75) is 13.0 Å². The fourth-order valence-electron chi connectivity index (χ4n) is 2.13. The molecule has 0 fully saturated rings. The first-order valence-electron chi connectivity index (χ1n) is 7.29. The first-order chi connectivity index (χ1) is 11.6. The summed E-state index contributed by atoms with van der Waals surface area (Å²) in [5.41, 5.74) is 3.52. The summed E-state index contributed by atoms with van der Waals surface area (Å²) < 4.78 is 7.96. The van der Waals surface area contributed by atoms with E-state index in [0.717, 1.165) is 10.2 Å². The van der Waals surface area contributed by atoms with Crippen LogP contribution < -0.4 is 15.5 Å². The molecule has 0 aliphatic carbocycles. The van der Waals surface area contributed by atoms with Gasteiger partial charge in [0.15, 0.2) is 5.76 Å². The van der Waals surface area contributed by atoms with Gasteiger partial charge in [0.1, 0.15) is 6.04 Å². The molecule has 2 N–H and O–H groups in total. The van der Waals surface area contributed by atoms with Gasteiger partial charge in [-0.15, -0.1) is 5.10 Å². The number of furan rings is 1. The van der Waals surface area contributed by atoms with Crippen LogP contribution in [0.3, 0.4) is 0 Å². The van der Waals surface area contributed by atoms with Crippen LogP contribution in [-0.4, -0.2) is 22.4 Å². The number of nitrogens with zero attached hydrogens (tertiary/aromatic N) is 2. The quantitative estimate of drug-likeness (QED) is 0.704. The van der Waals surface area contributed by atoms with E-state index in [-0.39, 0.29) is 5.76 Å². The summed E-state index contributed by atoms with van der Waals surface area (Å²) in [5, 5.41) is 6.69. The lowest BCUT2D eigenvalue weighted by Gasteiger charge is -2.10. The van der Waals surface area contributed by atoms with Gasteiger partial charge in [-0.2, -0.15) is 0 Å². The zero-order chi connectivity index (χ0) is 17.1. The molecule has 3 rings (SSSR count). The van der Waals surface area contributed by atoms with E-state index in [2.05, 4.69) is 15.8 Å². The van der Waals surface area contributed by atoms with Crippen LogP contribution in [0.25, 0.3) is 10.2 Å². The minimum atomic E-state index is -0.744. The molecule has 8 heteroatoms. The molecule has 1 unspecified atom stereocenters. The van der Waals surface area contributed by atoms with Crippen molar-refractivity contribution in [1.29, 1.82) is 0 Å². The Balaban J connectivity index is 1.69. The number of fused-ring (bicyclic) bond motifs is 1. The van der Waals surface area contributed by atoms with Crippen molar-refractivity contribution in [3.05, 3.63) is 53.2 Å². The van der Waals surface area contributed by atoms with Crippen LogP contribution in [0.5, 0.6) is 0 Å². The Morgan fingerprint density at radius 3 is 2.75 bits per heavy atom. The number of nitrogens with one attached hydrogen (secondary N) is 2. The SMILES string of the molecule is CC(NC(=O)c1ccco1)C(=O)N/N=c1/sc2ccccc2n1C. The van der Waals surface area contributed by atoms with Crippen molar-refractivity contribution in [1.82, 2.24) is 15.3 Å². The Hall–Kier alpha value is -2.87. The predicted octanol–water partition coefficient (Wildman–Crippen LogP) is 1.58. The Bertz CT molecular complexity index is 940. The number of aromatic nitrogens is 1. The molecule has 0 bridgehead atoms. The molecular weight excluding hydrogens is 328 g/mol. The lowest BCUT2D eigenvalue weighted by Crippen LogP contribution is -2.43. The molecule has 0 saturated heterocycles. The summed E-state index contributed by atoms with van der Waals surface area (Å²) in [6.45, 7) is 1.58. The van der Waals surface area contributed by atoms with Crippen LogP contribution in [0.2, 0.25) is 0 Å². The number of carbonyl (C=O) groups is 2. The number of para-hydroxylation sites is 1. The molecule has 0 radical (unpaired) electrons. The summed E-state index contributed by atoms with van der Waals surface area (Å²) in [7, 11) is 1.88. The molecule has 3 aromatic rings. The van der Waals surface area contributed by atoms with Crippen molar-refractivity contribution in [3.8, 4) is 0 Å². The first kappa shape index (κ1) is 16.0. The molecule has 1 atom stereocenters. The molecule has 0 aliphatic rings. The Morgan fingerprint density at radius 1 is 1.25 bits per heavy atom. The van der Waals surface area contributed by atoms with Crippen molar-refractivity contribution in [2.75, 3.05) is 0 Å². The highest BCUT2D eigenvalue weighted by Gasteiger charge is 2.17. The van der Waals surface area contributed by atoms with E-state index in [1.807, 2.05) is 35.9 Å². The average molecular weight is 344 g/mol. The highest BCUT2D eigenvalue weighted by molar-refractivity contribution is 7.16. The number of aryl methyl sites for hydroxylation is 1. The molecule has 2 heterocycles. The van der Waals surface area contributed by atoms with Gasteiger partial charge in [-0.05, 0) is 31.2 Å². The standard InChI is InChI=1S/C16H16N4O3S/c1-10(17-15(22)12-7-5-9-23-12)14(21)18-19-16-20(2)11-6-3-4-8-13(11)24-16/h3-10H,1-2H3,(H,17,22)(H,18,21)/b19-16+. The number of hydrogen-bond acceptors (Lipinski definition) is 5. The van der Waals surface area contributed by atoms with E-state index in [4.69, 9.17) is 4.42 Å². The van der Waals surface area contributed by atoms with Crippen LogP contribution >= 0.6 is 11.3 Å².